The molecule has 2 aliphatic heterocycles. The van der Waals surface area contributed by atoms with Gasteiger partial charge in [0, 0.05) is 37.8 Å². The first kappa shape index (κ1) is 22.4. The molecule has 3 heterocycles. The maximum atomic E-state index is 13.1. The van der Waals surface area contributed by atoms with Gasteiger partial charge in [-0.05, 0) is 55.0 Å². The lowest BCUT2D eigenvalue weighted by Gasteiger charge is -2.37. The standard InChI is InChI=1S/C25H33N5O2/c1-4-25(2,3)24(32)29-14-11-19(12-15-29)18-7-9-21(10-8-18)30(22-6-5-13-27-28-22)23(31)20-16-26-17-20/h5-10,13,19-20,26H,4,11-12,14-17H2,1-3H3. The molecule has 4 rings (SSSR count). The number of carbonyl (C=O) groups excluding carboxylic acids is 2. The van der Waals surface area contributed by atoms with Crippen molar-refractivity contribution < 1.29 is 9.59 Å². The van der Waals surface area contributed by atoms with Gasteiger partial charge in [0.25, 0.3) is 0 Å². The van der Waals surface area contributed by atoms with Crippen LogP contribution in [0.4, 0.5) is 11.5 Å². The van der Waals surface area contributed by atoms with Crippen LogP contribution < -0.4 is 10.2 Å². The van der Waals surface area contributed by atoms with Crippen molar-refractivity contribution in [3.63, 3.8) is 0 Å². The molecule has 2 fully saturated rings. The number of rotatable bonds is 6. The van der Waals surface area contributed by atoms with E-state index in [2.05, 4.69) is 34.6 Å². The molecule has 32 heavy (non-hydrogen) atoms. The number of amides is 2. The molecule has 1 N–H and O–H groups in total. The van der Waals surface area contributed by atoms with Crippen LogP contribution >= 0.6 is 0 Å². The summed E-state index contributed by atoms with van der Waals surface area (Å²) in [6.07, 6.45) is 4.39. The van der Waals surface area contributed by atoms with Crippen molar-refractivity contribution in [2.24, 2.45) is 11.3 Å². The molecule has 0 atom stereocenters. The van der Waals surface area contributed by atoms with Crippen molar-refractivity contribution in [2.75, 3.05) is 31.1 Å². The second-order valence-electron chi connectivity index (χ2n) is 9.51. The number of anilines is 2. The average molecular weight is 436 g/mol. The van der Waals surface area contributed by atoms with E-state index < -0.39 is 0 Å². The Hall–Kier alpha value is -2.80. The van der Waals surface area contributed by atoms with Crippen LogP contribution in [-0.4, -0.2) is 53.1 Å². The molecule has 7 heteroatoms. The van der Waals surface area contributed by atoms with E-state index >= 15 is 0 Å². The zero-order valence-electron chi connectivity index (χ0n) is 19.3. The summed E-state index contributed by atoms with van der Waals surface area (Å²) in [6, 6.07) is 11.9. The normalized spacial score (nSPS) is 17.7. The Balaban J connectivity index is 1.46. The van der Waals surface area contributed by atoms with Crippen molar-refractivity contribution >= 4 is 23.3 Å². The molecular weight excluding hydrogens is 402 g/mol. The fourth-order valence-electron chi connectivity index (χ4n) is 4.32. The molecule has 2 aliphatic rings. The number of likely N-dealkylation sites (tertiary alicyclic amines) is 1. The first-order valence-corrected chi connectivity index (χ1v) is 11.6. The number of nitrogens with zero attached hydrogens (tertiary/aromatic N) is 4. The Bertz CT molecular complexity index is 933. The third-order valence-corrected chi connectivity index (χ3v) is 7.01. The Morgan fingerprint density at radius 3 is 2.34 bits per heavy atom. The second-order valence-corrected chi connectivity index (χ2v) is 9.51. The summed E-state index contributed by atoms with van der Waals surface area (Å²) in [5, 5.41) is 11.3. The molecule has 2 aromatic rings. The Kier molecular flexibility index (Phi) is 6.55. The predicted octanol–water partition coefficient (Wildman–Crippen LogP) is 3.50. The highest BCUT2D eigenvalue weighted by atomic mass is 16.2. The molecule has 1 aromatic heterocycles. The highest BCUT2D eigenvalue weighted by Crippen LogP contribution is 2.33. The van der Waals surface area contributed by atoms with Gasteiger partial charge in [-0.3, -0.25) is 14.5 Å². The molecule has 0 radical (unpaired) electrons. The number of aromatic nitrogens is 2. The minimum absolute atomic E-state index is 0.0362. The highest BCUT2D eigenvalue weighted by molar-refractivity contribution is 6.01. The molecule has 170 valence electrons. The van der Waals surface area contributed by atoms with Crippen LogP contribution in [0, 0.1) is 11.3 Å². The largest absolute Gasteiger partial charge is 0.342 e. The molecule has 1 aromatic carbocycles. The van der Waals surface area contributed by atoms with E-state index in [-0.39, 0.29) is 23.1 Å². The maximum Gasteiger partial charge on any atom is 0.238 e. The van der Waals surface area contributed by atoms with Crippen LogP contribution in [-0.2, 0) is 9.59 Å². The Morgan fingerprint density at radius 2 is 1.81 bits per heavy atom. The van der Waals surface area contributed by atoms with Crippen molar-refractivity contribution in [3.8, 4) is 0 Å². The second kappa shape index (κ2) is 9.36. The van der Waals surface area contributed by atoms with Crippen LogP contribution in [0.5, 0.6) is 0 Å². The molecule has 0 unspecified atom stereocenters. The first-order chi connectivity index (χ1) is 15.4. The maximum absolute atomic E-state index is 13.1. The molecule has 7 nitrogen and oxygen atoms in total. The molecule has 2 saturated heterocycles. The minimum atomic E-state index is -0.291. The van der Waals surface area contributed by atoms with Gasteiger partial charge in [-0.25, -0.2) is 0 Å². The lowest BCUT2D eigenvalue weighted by Crippen LogP contribution is -2.51. The zero-order chi connectivity index (χ0) is 22.7. The van der Waals surface area contributed by atoms with Gasteiger partial charge in [-0.1, -0.05) is 32.9 Å². The number of hydrogen-bond donors (Lipinski definition) is 1. The van der Waals surface area contributed by atoms with Crippen LogP contribution in [0.2, 0.25) is 0 Å². The summed E-state index contributed by atoms with van der Waals surface area (Å²) in [5.41, 5.74) is 1.77. The molecule has 0 saturated carbocycles. The lowest BCUT2D eigenvalue weighted by molar-refractivity contribution is -0.141. The van der Waals surface area contributed by atoms with Gasteiger partial charge >= 0.3 is 0 Å². The predicted molar refractivity (Wildman–Crippen MR) is 125 cm³/mol. The van der Waals surface area contributed by atoms with Gasteiger partial charge in [0.1, 0.15) is 0 Å². The van der Waals surface area contributed by atoms with Gasteiger partial charge in [-0.15, -0.1) is 5.10 Å². The monoisotopic (exact) mass is 435 g/mol. The van der Waals surface area contributed by atoms with E-state index in [9.17, 15) is 9.59 Å². The number of hydrogen-bond acceptors (Lipinski definition) is 5. The molecule has 0 aliphatic carbocycles. The third-order valence-electron chi connectivity index (χ3n) is 7.01. The van der Waals surface area contributed by atoms with Crippen LogP contribution in [0.15, 0.2) is 42.6 Å². The molecular formula is C25H33N5O2. The van der Waals surface area contributed by atoms with Gasteiger partial charge < -0.3 is 10.2 Å². The number of carbonyl (C=O) groups is 2. The van der Waals surface area contributed by atoms with Gasteiger partial charge in [0.2, 0.25) is 11.8 Å². The number of nitrogens with one attached hydrogen (secondary N) is 1. The van der Waals surface area contributed by atoms with Crippen molar-refractivity contribution in [2.45, 2.75) is 46.0 Å². The fourth-order valence-corrected chi connectivity index (χ4v) is 4.32. The third kappa shape index (κ3) is 4.53. The van der Waals surface area contributed by atoms with E-state index in [0.29, 0.717) is 24.8 Å². The van der Waals surface area contributed by atoms with Crippen molar-refractivity contribution in [1.82, 2.24) is 20.4 Å². The van der Waals surface area contributed by atoms with E-state index in [1.54, 1.807) is 17.2 Å². The van der Waals surface area contributed by atoms with E-state index in [0.717, 1.165) is 38.0 Å². The van der Waals surface area contributed by atoms with E-state index in [1.807, 2.05) is 36.9 Å². The fraction of sp³-hybridized carbons (Fsp3) is 0.520. The van der Waals surface area contributed by atoms with Crippen LogP contribution in [0.1, 0.15) is 51.5 Å². The van der Waals surface area contributed by atoms with Gasteiger partial charge in [0.05, 0.1) is 11.6 Å². The zero-order valence-corrected chi connectivity index (χ0v) is 19.3. The molecule has 0 spiro atoms. The summed E-state index contributed by atoms with van der Waals surface area (Å²) >= 11 is 0. The van der Waals surface area contributed by atoms with E-state index in [1.165, 1.54) is 5.56 Å². The van der Waals surface area contributed by atoms with Crippen LogP contribution in [0.25, 0.3) is 0 Å². The smallest absolute Gasteiger partial charge is 0.238 e. The topological polar surface area (TPSA) is 78.4 Å². The summed E-state index contributed by atoms with van der Waals surface area (Å²) in [4.78, 5) is 29.6. The Morgan fingerprint density at radius 1 is 1.12 bits per heavy atom. The quantitative estimate of drug-likeness (QED) is 0.751. The van der Waals surface area contributed by atoms with E-state index in [4.69, 9.17) is 0 Å². The van der Waals surface area contributed by atoms with Crippen molar-refractivity contribution in [1.29, 1.82) is 0 Å². The summed E-state index contributed by atoms with van der Waals surface area (Å²) in [5.74, 6) is 1.24. The SMILES string of the molecule is CCC(C)(C)C(=O)N1CCC(c2ccc(N(C(=O)C3CNC3)c3cccnn3)cc2)CC1. The number of benzene rings is 1. The summed E-state index contributed by atoms with van der Waals surface area (Å²) in [6.45, 7) is 9.12. The lowest BCUT2D eigenvalue weighted by atomic mass is 9.85. The summed E-state index contributed by atoms with van der Waals surface area (Å²) in [7, 11) is 0. The van der Waals surface area contributed by atoms with Crippen molar-refractivity contribution in [3.05, 3.63) is 48.2 Å². The molecule has 2 amide bonds. The first-order valence-electron chi connectivity index (χ1n) is 11.6. The molecule has 0 bridgehead atoms. The van der Waals surface area contributed by atoms with Gasteiger partial charge in [-0.2, -0.15) is 5.10 Å². The van der Waals surface area contributed by atoms with Gasteiger partial charge in [0.15, 0.2) is 5.82 Å². The highest BCUT2D eigenvalue weighted by Gasteiger charge is 2.34. The summed E-state index contributed by atoms with van der Waals surface area (Å²) < 4.78 is 0. The minimum Gasteiger partial charge on any atom is -0.342 e. The average Bonchev–Trinajstić information content (AvgIpc) is 2.79. The number of piperidine rings is 1. The van der Waals surface area contributed by atoms with Crippen LogP contribution in [0.3, 0.4) is 0 Å². The Labute approximate surface area is 190 Å².